The molecule has 1 rings (SSSR count). The van der Waals surface area contributed by atoms with E-state index < -0.39 is 5.97 Å². The highest BCUT2D eigenvalue weighted by atomic mass is 33.1. The van der Waals surface area contributed by atoms with E-state index in [9.17, 15) is 9.90 Å². The largest absolute Gasteiger partial charge is 0.550 e. The van der Waals surface area contributed by atoms with E-state index in [1.807, 2.05) is 0 Å². The lowest BCUT2D eigenvalue weighted by atomic mass is 10.2. The standard InChI is InChI=1S/C5H8O2S2/c6-5(7)3-4-1-2-8-9-4/h4H,1-3H2,(H,6,7)/p-1. The number of aliphatic carboxylic acids is 1. The van der Waals surface area contributed by atoms with Crippen molar-refractivity contribution in [2.24, 2.45) is 0 Å². The van der Waals surface area contributed by atoms with Gasteiger partial charge in [0.2, 0.25) is 0 Å². The van der Waals surface area contributed by atoms with E-state index in [0.29, 0.717) is 5.25 Å². The van der Waals surface area contributed by atoms with Gasteiger partial charge in [-0.25, -0.2) is 0 Å². The van der Waals surface area contributed by atoms with Crippen LogP contribution in [0.25, 0.3) is 0 Å². The SMILES string of the molecule is O=C([O-])CC1CCSS1. The summed E-state index contributed by atoms with van der Waals surface area (Å²) in [6, 6.07) is 0. The molecule has 1 fully saturated rings. The zero-order valence-electron chi connectivity index (χ0n) is 4.83. The molecule has 0 radical (unpaired) electrons. The summed E-state index contributed by atoms with van der Waals surface area (Å²) in [6.45, 7) is 0. The molecule has 1 aliphatic heterocycles. The van der Waals surface area contributed by atoms with Crippen LogP contribution in [0, 0.1) is 0 Å². The van der Waals surface area contributed by atoms with Crippen molar-refractivity contribution in [1.29, 1.82) is 0 Å². The van der Waals surface area contributed by atoms with Crippen molar-refractivity contribution < 1.29 is 9.90 Å². The molecule has 0 saturated carbocycles. The van der Waals surface area contributed by atoms with Crippen LogP contribution in [0.15, 0.2) is 0 Å². The molecule has 9 heavy (non-hydrogen) atoms. The summed E-state index contributed by atoms with van der Waals surface area (Å²) in [5.41, 5.74) is 0. The zero-order chi connectivity index (χ0) is 6.69. The van der Waals surface area contributed by atoms with E-state index in [-0.39, 0.29) is 6.42 Å². The number of carboxylic acid groups (broad SMARTS) is 1. The van der Waals surface area contributed by atoms with Gasteiger partial charge < -0.3 is 9.90 Å². The lowest BCUT2D eigenvalue weighted by molar-refractivity contribution is -0.305. The fraction of sp³-hybridized carbons (Fsp3) is 0.800. The van der Waals surface area contributed by atoms with E-state index in [2.05, 4.69) is 0 Å². The molecular weight excluding hydrogens is 156 g/mol. The van der Waals surface area contributed by atoms with Gasteiger partial charge in [0.25, 0.3) is 0 Å². The number of rotatable bonds is 2. The number of hydrogen-bond donors (Lipinski definition) is 0. The summed E-state index contributed by atoms with van der Waals surface area (Å²) >= 11 is 0. The average molecular weight is 163 g/mol. The van der Waals surface area contributed by atoms with Crippen molar-refractivity contribution in [1.82, 2.24) is 0 Å². The topological polar surface area (TPSA) is 40.1 Å². The lowest BCUT2D eigenvalue weighted by Crippen LogP contribution is -2.25. The van der Waals surface area contributed by atoms with Gasteiger partial charge in [-0.3, -0.25) is 0 Å². The molecule has 1 atom stereocenters. The average Bonchev–Trinajstić information content (AvgIpc) is 2.15. The smallest absolute Gasteiger partial charge is 0.0425 e. The van der Waals surface area contributed by atoms with E-state index in [0.717, 1.165) is 12.2 Å². The van der Waals surface area contributed by atoms with Crippen LogP contribution in [0.4, 0.5) is 0 Å². The Labute approximate surface area is 61.8 Å². The normalized spacial score (nSPS) is 26.4. The van der Waals surface area contributed by atoms with Crippen LogP contribution in [-0.2, 0) is 4.79 Å². The quantitative estimate of drug-likeness (QED) is 0.548. The number of carboxylic acids is 1. The molecule has 0 amide bonds. The summed E-state index contributed by atoms with van der Waals surface area (Å²) in [4.78, 5) is 10.0. The fourth-order valence-corrected chi connectivity index (χ4v) is 3.58. The highest BCUT2D eigenvalue weighted by molar-refractivity contribution is 8.77. The lowest BCUT2D eigenvalue weighted by Gasteiger charge is -2.05. The fourth-order valence-electron chi connectivity index (χ4n) is 0.694. The van der Waals surface area contributed by atoms with Crippen molar-refractivity contribution in [3.05, 3.63) is 0 Å². The first-order chi connectivity index (χ1) is 4.29. The van der Waals surface area contributed by atoms with Gasteiger partial charge >= 0.3 is 0 Å². The molecule has 1 aliphatic rings. The molecule has 1 unspecified atom stereocenters. The zero-order valence-corrected chi connectivity index (χ0v) is 6.46. The van der Waals surface area contributed by atoms with E-state index >= 15 is 0 Å². The van der Waals surface area contributed by atoms with Crippen LogP contribution in [0.3, 0.4) is 0 Å². The molecule has 1 heterocycles. The van der Waals surface area contributed by atoms with Crippen LogP contribution in [0.2, 0.25) is 0 Å². The van der Waals surface area contributed by atoms with Crippen molar-refractivity contribution >= 4 is 27.6 Å². The molecule has 0 N–H and O–H groups in total. The summed E-state index contributed by atoms with van der Waals surface area (Å²) in [6.07, 6.45) is 1.24. The molecule has 52 valence electrons. The second kappa shape index (κ2) is 3.37. The Bertz CT molecular complexity index is 110. The monoisotopic (exact) mass is 163 g/mol. The first kappa shape index (κ1) is 7.28. The van der Waals surface area contributed by atoms with Gasteiger partial charge in [-0.1, -0.05) is 21.6 Å². The van der Waals surface area contributed by atoms with Crippen molar-refractivity contribution in [2.45, 2.75) is 18.1 Å². The molecule has 0 bridgehead atoms. The minimum Gasteiger partial charge on any atom is -0.550 e. The Kier molecular flexibility index (Phi) is 2.72. The Morgan fingerprint density at radius 2 is 2.56 bits per heavy atom. The molecule has 0 aromatic carbocycles. The molecule has 4 heteroatoms. The highest BCUT2D eigenvalue weighted by Gasteiger charge is 2.15. The Hall–Kier alpha value is 0.170. The van der Waals surface area contributed by atoms with E-state index in [4.69, 9.17) is 0 Å². The van der Waals surface area contributed by atoms with Crippen molar-refractivity contribution in [3.63, 3.8) is 0 Å². The van der Waals surface area contributed by atoms with Crippen LogP contribution >= 0.6 is 21.6 Å². The first-order valence-corrected chi connectivity index (χ1v) is 5.15. The molecule has 0 aliphatic carbocycles. The third kappa shape index (κ3) is 2.49. The maximum atomic E-state index is 10.0. The Balaban J connectivity index is 2.19. The maximum absolute atomic E-state index is 10.0. The van der Waals surface area contributed by atoms with Gasteiger partial charge in [0, 0.05) is 17.0 Å². The molecule has 0 spiro atoms. The van der Waals surface area contributed by atoms with Gasteiger partial charge in [0.05, 0.1) is 0 Å². The van der Waals surface area contributed by atoms with Gasteiger partial charge in [0.15, 0.2) is 0 Å². The Morgan fingerprint density at radius 1 is 1.78 bits per heavy atom. The summed E-state index contributed by atoms with van der Waals surface area (Å²) in [5.74, 6) is 0.165. The number of hydrogen-bond acceptors (Lipinski definition) is 4. The molecule has 1 saturated heterocycles. The van der Waals surface area contributed by atoms with Gasteiger partial charge in [-0.05, 0) is 12.8 Å². The molecule has 2 nitrogen and oxygen atoms in total. The number of carbonyl (C=O) groups is 1. The molecular formula is C5H7O2S2-. The molecule has 0 aromatic rings. The second-order valence-corrected chi connectivity index (χ2v) is 4.69. The second-order valence-electron chi connectivity index (χ2n) is 1.91. The summed E-state index contributed by atoms with van der Waals surface area (Å²) < 4.78 is 0. The third-order valence-corrected chi connectivity index (χ3v) is 4.06. The van der Waals surface area contributed by atoms with Crippen LogP contribution in [-0.4, -0.2) is 17.0 Å². The number of carbonyl (C=O) groups excluding carboxylic acids is 1. The van der Waals surface area contributed by atoms with Crippen molar-refractivity contribution in [2.75, 3.05) is 5.75 Å². The third-order valence-electron chi connectivity index (χ3n) is 1.12. The maximum Gasteiger partial charge on any atom is 0.0425 e. The van der Waals surface area contributed by atoms with Gasteiger partial charge in [0.1, 0.15) is 0 Å². The van der Waals surface area contributed by atoms with Crippen LogP contribution < -0.4 is 5.11 Å². The van der Waals surface area contributed by atoms with Gasteiger partial charge in [-0.15, -0.1) is 0 Å². The first-order valence-electron chi connectivity index (χ1n) is 2.77. The summed E-state index contributed by atoms with van der Waals surface area (Å²) in [5, 5.41) is 10.3. The van der Waals surface area contributed by atoms with Crippen LogP contribution in [0.1, 0.15) is 12.8 Å². The minimum absolute atomic E-state index is 0.220. The Morgan fingerprint density at radius 3 is 3.00 bits per heavy atom. The van der Waals surface area contributed by atoms with Crippen LogP contribution in [0.5, 0.6) is 0 Å². The summed E-state index contributed by atoms with van der Waals surface area (Å²) in [7, 11) is 3.42. The molecule has 0 aromatic heterocycles. The predicted octanol–water partition coefficient (Wildman–Crippen LogP) is 0.280. The minimum atomic E-state index is -0.921. The predicted molar refractivity (Wildman–Crippen MR) is 38.1 cm³/mol. The van der Waals surface area contributed by atoms with E-state index in [1.54, 1.807) is 21.6 Å². The highest BCUT2D eigenvalue weighted by Crippen LogP contribution is 2.38. The van der Waals surface area contributed by atoms with Crippen molar-refractivity contribution in [3.8, 4) is 0 Å². The van der Waals surface area contributed by atoms with Gasteiger partial charge in [-0.2, -0.15) is 0 Å². The van der Waals surface area contributed by atoms with E-state index in [1.165, 1.54) is 0 Å².